The molecule has 3 aromatic rings. The van der Waals surface area contributed by atoms with Gasteiger partial charge in [-0.2, -0.15) is 15.2 Å². The molecule has 0 aromatic carbocycles. The van der Waals surface area contributed by atoms with Crippen molar-refractivity contribution in [1.82, 2.24) is 30.1 Å². The Morgan fingerprint density at radius 3 is 2.95 bits per heavy atom. The number of nitrogens with zero attached hydrogens (tertiary/aromatic N) is 6. The first kappa shape index (κ1) is 13.1. The van der Waals surface area contributed by atoms with Gasteiger partial charge in [-0.1, -0.05) is 5.16 Å². The van der Waals surface area contributed by atoms with E-state index in [1.807, 2.05) is 13.8 Å². The minimum Gasteiger partial charge on any atom is -0.337 e. The minimum atomic E-state index is -0.211. The van der Waals surface area contributed by atoms with Gasteiger partial charge in [0.2, 0.25) is 11.7 Å². The van der Waals surface area contributed by atoms with E-state index in [1.54, 1.807) is 18.3 Å². The maximum Gasteiger partial charge on any atom is 0.267 e. The number of hydrogen-bond acceptors (Lipinski definition) is 7. The van der Waals surface area contributed by atoms with Gasteiger partial charge in [0.15, 0.2) is 0 Å². The molecule has 0 aliphatic heterocycles. The largest absolute Gasteiger partial charge is 0.337 e. The molecule has 0 aliphatic carbocycles. The monoisotopic (exact) mass is 284 g/mol. The average molecular weight is 284 g/mol. The van der Waals surface area contributed by atoms with Gasteiger partial charge in [0, 0.05) is 12.3 Å². The predicted octanol–water partition coefficient (Wildman–Crippen LogP) is 0.748. The molecule has 0 amide bonds. The Balaban J connectivity index is 1.89. The van der Waals surface area contributed by atoms with E-state index < -0.39 is 0 Å². The molecule has 3 aromatic heterocycles. The molecule has 0 aliphatic rings. The molecule has 8 heteroatoms. The summed E-state index contributed by atoms with van der Waals surface area (Å²) in [5.74, 6) is 0.614. The molecule has 21 heavy (non-hydrogen) atoms. The van der Waals surface area contributed by atoms with Gasteiger partial charge in [-0.15, -0.1) is 5.10 Å². The Morgan fingerprint density at radius 2 is 2.19 bits per heavy atom. The molecule has 0 saturated carbocycles. The molecule has 3 rings (SSSR count). The minimum absolute atomic E-state index is 0.118. The molecular weight excluding hydrogens is 272 g/mol. The van der Waals surface area contributed by atoms with E-state index >= 15 is 0 Å². The molecule has 0 unspecified atom stereocenters. The smallest absolute Gasteiger partial charge is 0.267 e. The van der Waals surface area contributed by atoms with Crippen molar-refractivity contribution in [3.8, 4) is 11.5 Å². The molecule has 0 spiro atoms. The second-order valence-electron chi connectivity index (χ2n) is 4.53. The Hall–Kier alpha value is -2.90. The third-order valence-corrected chi connectivity index (χ3v) is 2.99. The first-order valence-corrected chi connectivity index (χ1v) is 6.29. The van der Waals surface area contributed by atoms with Crippen molar-refractivity contribution >= 4 is 0 Å². The lowest BCUT2D eigenvalue weighted by Gasteiger charge is -2.03. The van der Waals surface area contributed by atoms with Crippen LogP contribution in [0.4, 0.5) is 0 Å². The summed E-state index contributed by atoms with van der Waals surface area (Å²) < 4.78 is 6.41. The van der Waals surface area contributed by atoms with E-state index in [0.717, 1.165) is 11.3 Å². The summed E-state index contributed by atoms with van der Waals surface area (Å²) in [6.07, 6.45) is 1.56. The molecule has 0 bridgehead atoms. The number of aromatic nitrogens is 6. The first-order valence-electron chi connectivity index (χ1n) is 6.29. The molecule has 0 atom stereocenters. The van der Waals surface area contributed by atoms with E-state index in [2.05, 4.69) is 25.4 Å². The highest BCUT2D eigenvalue weighted by Gasteiger charge is 2.12. The summed E-state index contributed by atoms with van der Waals surface area (Å²) >= 11 is 0. The van der Waals surface area contributed by atoms with Gasteiger partial charge in [0.1, 0.15) is 12.2 Å². The molecule has 3 heterocycles. The summed E-state index contributed by atoms with van der Waals surface area (Å²) in [6.45, 7) is 3.80. The fraction of sp³-hybridized carbons (Fsp3) is 0.231. The van der Waals surface area contributed by atoms with E-state index in [4.69, 9.17) is 4.52 Å². The van der Waals surface area contributed by atoms with Crippen molar-refractivity contribution in [2.75, 3.05) is 0 Å². The summed E-state index contributed by atoms with van der Waals surface area (Å²) in [7, 11) is 0. The molecule has 8 nitrogen and oxygen atoms in total. The van der Waals surface area contributed by atoms with Crippen LogP contribution in [0.2, 0.25) is 0 Å². The van der Waals surface area contributed by atoms with E-state index in [9.17, 15) is 4.79 Å². The fourth-order valence-electron chi connectivity index (χ4n) is 1.76. The third kappa shape index (κ3) is 2.69. The van der Waals surface area contributed by atoms with Crippen LogP contribution >= 0.6 is 0 Å². The molecule has 0 saturated heterocycles. The highest BCUT2D eigenvalue weighted by molar-refractivity contribution is 5.46. The van der Waals surface area contributed by atoms with Crippen molar-refractivity contribution in [3.63, 3.8) is 0 Å². The lowest BCUT2D eigenvalue weighted by atomic mass is 10.2. The van der Waals surface area contributed by atoms with Crippen molar-refractivity contribution in [2.24, 2.45) is 0 Å². The van der Waals surface area contributed by atoms with Crippen LogP contribution in [0.3, 0.4) is 0 Å². The van der Waals surface area contributed by atoms with Gasteiger partial charge >= 0.3 is 0 Å². The van der Waals surface area contributed by atoms with E-state index in [-0.39, 0.29) is 18.0 Å². The SMILES string of the molecule is Cc1cc(=O)n(Cc2nc(-c3cccnn3)no2)nc1C. The zero-order valence-electron chi connectivity index (χ0n) is 11.5. The summed E-state index contributed by atoms with van der Waals surface area (Å²) in [4.78, 5) is 16.1. The zero-order valence-corrected chi connectivity index (χ0v) is 11.5. The van der Waals surface area contributed by atoms with E-state index in [1.165, 1.54) is 10.7 Å². The molecule has 0 N–H and O–H groups in total. The van der Waals surface area contributed by atoms with Crippen LogP contribution in [-0.2, 0) is 6.54 Å². The second kappa shape index (κ2) is 5.23. The highest BCUT2D eigenvalue weighted by atomic mass is 16.5. The van der Waals surface area contributed by atoms with Gasteiger partial charge < -0.3 is 4.52 Å². The quantitative estimate of drug-likeness (QED) is 0.699. The lowest BCUT2D eigenvalue weighted by Crippen LogP contribution is -2.24. The summed E-state index contributed by atoms with van der Waals surface area (Å²) in [5, 5.41) is 15.7. The maximum atomic E-state index is 11.9. The van der Waals surface area contributed by atoms with Crippen LogP contribution in [0.25, 0.3) is 11.5 Å². The Kier molecular flexibility index (Phi) is 3.27. The van der Waals surface area contributed by atoms with Crippen LogP contribution in [0.5, 0.6) is 0 Å². The van der Waals surface area contributed by atoms with Gasteiger partial charge in [-0.25, -0.2) is 4.68 Å². The number of aryl methyl sites for hydroxylation is 2. The van der Waals surface area contributed by atoms with Gasteiger partial charge in [0.25, 0.3) is 5.56 Å². The van der Waals surface area contributed by atoms with Crippen molar-refractivity contribution in [1.29, 1.82) is 0 Å². The number of rotatable bonds is 3. The Morgan fingerprint density at radius 1 is 1.33 bits per heavy atom. The Labute approximate surface area is 119 Å². The average Bonchev–Trinajstić information content (AvgIpc) is 2.94. The maximum absolute atomic E-state index is 11.9. The lowest BCUT2D eigenvalue weighted by molar-refractivity contribution is 0.362. The van der Waals surface area contributed by atoms with Crippen molar-refractivity contribution in [3.05, 3.63) is 51.9 Å². The second-order valence-corrected chi connectivity index (χ2v) is 4.53. The highest BCUT2D eigenvalue weighted by Crippen LogP contribution is 2.11. The van der Waals surface area contributed by atoms with Crippen molar-refractivity contribution < 1.29 is 4.52 Å². The van der Waals surface area contributed by atoms with Crippen LogP contribution in [0.15, 0.2) is 33.7 Å². The predicted molar refractivity (Wildman–Crippen MR) is 72.4 cm³/mol. The Bertz CT molecular complexity index is 824. The van der Waals surface area contributed by atoms with Gasteiger partial charge in [-0.05, 0) is 31.5 Å². The van der Waals surface area contributed by atoms with E-state index in [0.29, 0.717) is 11.5 Å². The van der Waals surface area contributed by atoms with Crippen LogP contribution in [-0.4, -0.2) is 30.1 Å². The summed E-state index contributed by atoms with van der Waals surface area (Å²) in [5.41, 5.74) is 1.93. The van der Waals surface area contributed by atoms with Gasteiger partial charge in [0.05, 0.1) is 5.69 Å². The first-order chi connectivity index (χ1) is 10.1. The molecule has 0 radical (unpaired) electrons. The zero-order chi connectivity index (χ0) is 14.8. The van der Waals surface area contributed by atoms with Crippen LogP contribution in [0.1, 0.15) is 17.1 Å². The third-order valence-electron chi connectivity index (χ3n) is 2.99. The summed E-state index contributed by atoms with van der Waals surface area (Å²) in [6, 6.07) is 4.98. The molecule has 0 fully saturated rings. The molecular formula is C13H12N6O2. The normalized spacial score (nSPS) is 10.8. The molecule has 106 valence electrons. The van der Waals surface area contributed by atoms with Crippen LogP contribution in [0, 0.1) is 13.8 Å². The van der Waals surface area contributed by atoms with Crippen molar-refractivity contribution in [2.45, 2.75) is 20.4 Å². The fourth-order valence-corrected chi connectivity index (χ4v) is 1.76. The standard InChI is InChI=1S/C13H12N6O2/c1-8-6-12(20)19(17-9(8)2)7-11-15-13(18-21-11)10-4-3-5-14-16-10/h3-6H,7H2,1-2H3. The topological polar surface area (TPSA) is 99.6 Å². The number of hydrogen-bond donors (Lipinski definition) is 0. The van der Waals surface area contributed by atoms with Crippen LogP contribution < -0.4 is 5.56 Å². The van der Waals surface area contributed by atoms with Gasteiger partial charge in [-0.3, -0.25) is 4.79 Å².